The molecule has 4 nitrogen and oxygen atoms in total. The molecule has 0 radical (unpaired) electrons. The number of nitrogens with zero attached hydrogens (tertiary/aromatic N) is 1. The van der Waals surface area contributed by atoms with Crippen LogP contribution in [0.1, 0.15) is 49.3 Å². The van der Waals surface area contributed by atoms with Crippen molar-refractivity contribution in [1.82, 2.24) is 10.2 Å². The molecule has 0 spiro atoms. The van der Waals surface area contributed by atoms with Crippen molar-refractivity contribution in [2.75, 3.05) is 12.3 Å². The molecule has 0 aliphatic heterocycles. The van der Waals surface area contributed by atoms with Gasteiger partial charge in [-0.1, -0.05) is 67.4 Å². The van der Waals surface area contributed by atoms with E-state index in [1.165, 1.54) is 29.5 Å². The molecule has 166 valence electrons. The van der Waals surface area contributed by atoms with E-state index in [9.17, 15) is 9.59 Å². The van der Waals surface area contributed by atoms with Gasteiger partial charge in [-0.15, -0.1) is 11.8 Å². The predicted octanol–water partition coefficient (Wildman–Crippen LogP) is 4.75. The maximum Gasteiger partial charge on any atom is 0.242 e. The van der Waals surface area contributed by atoms with Crippen LogP contribution < -0.4 is 5.32 Å². The number of amides is 2. The summed E-state index contributed by atoms with van der Waals surface area (Å²) < 4.78 is 0. The molecule has 1 atom stereocenters. The molecule has 3 rings (SSSR count). The number of hydrogen-bond acceptors (Lipinski definition) is 3. The first kappa shape index (κ1) is 23.4. The van der Waals surface area contributed by atoms with Gasteiger partial charge in [0.1, 0.15) is 6.04 Å². The molecule has 1 aliphatic carbocycles. The van der Waals surface area contributed by atoms with Crippen molar-refractivity contribution < 1.29 is 9.59 Å². The third kappa shape index (κ3) is 7.13. The fourth-order valence-electron chi connectivity index (χ4n) is 4.07. The molecule has 0 unspecified atom stereocenters. The van der Waals surface area contributed by atoms with Crippen LogP contribution in [0.5, 0.6) is 0 Å². The van der Waals surface area contributed by atoms with Crippen LogP contribution in [0.2, 0.25) is 0 Å². The molecular weight excluding hydrogens is 404 g/mol. The molecule has 0 bridgehead atoms. The number of rotatable bonds is 10. The largest absolute Gasteiger partial charge is 0.352 e. The van der Waals surface area contributed by atoms with E-state index in [0.29, 0.717) is 12.3 Å². The number of carbonyl (C=O) groups excluding carboxylic acids is 2. The monoisotopic (exact) mass is 438 g/mol. The van der Waals surface area contributed by atoms with Crippen LogP contribution in [0.3, 0.4) is 0 Å². The van der Waals surface area contributed by atoms with Gasteiger partial charge in [0.25, 0.3) is 0 Å². The summed E-state index contributed by atoms with van der Waals surface area (Å²) >= 11 is 1.62. The molecule has 1 N–H and O–H groups in total. The van der Waals surface area contributed by atoms with E-state index in [1.54, 1.807) is 16.7 Å². The molecule has 31 heavy (non-hydrogen) atoms. The van der Waals surface area contributed by atoms with Gasteiger partial charge < -0.3 is 10.2 Å². The molecule has 0 aromatic heterocycles. The first-order valence-corrected chi connectivity index (χ1v) is 12.5. The molecule has 1 aliphatic rings. The van der Waals surface area contributed by atoms with Gasteiger partial charge >= 0.3 is 0 Å². The Hall–Kier alpha value is -2.27. The van der Waals surface area contributed by atoms with E-state index >= 15 is 0 Å². The Morgan fingerprint density at radius 1 is 1.06 bits per heavy atom. The molecule has 1 saturated carbocycles. The smallest absolute Gasteiger partial charge is 0.242 e. The minimum atomic E-state index is -0.462. The fraction of sp³-hybridized carbons (Fsp3) is 0.462. The summed E-state index contributed by atoms with van der Waals surface area (Å²) in [6, 6.07) is 18.2. The topological polar surface area (TPSA) is 49.4 Å². The van der Waals surface area contributed by atoms with E-state index in [0.717, 1.165) is 25.0 Å². The van der Waals surface area contributed by atoms with Gasteiger partial charge in [-0.05, 0) is 49.8 Å². The SMILES string of the molecule is Cc1ccccc1CSCC(=O)N(CCc1ccccc1)[C@H](C)C(=O)NC1CCCC1. The van der Waals surface area contributed by atoms with Crippen LogP contribution in [0, 0.1) is 6.92 Å². The molecule has 2 aromatic carbocycles. The molecule has 2 amide bonds. The summed E-state index contributed by atoms with van der Waals surface area (Å²) in [5, 5.41) is 3.16. The third-order valence-electron chi connectivity index (χ3n) is 6.10. The van der Waals surface area contributed by atoms with Crippen molar-refractivity contribution in [2.45, 2.75) is 63.8 Å². The van der Waals surface area contributed by atoms with Crippen LogP contribution in [0.15, 0.2) is 54.6 Å². The summed E-state index contributed by atoms with van der Waals surface area (Å²) in [7, 11) is 0. The fourth-order valence-corrected chi connectivity index (χ4v) is 5.05. The number of nitrogens with one attached hydrogen (secondary N) is 1. The van der Waals surface area contributed by atoms with Crippen molar-refractivity contribution in [1.29, 1.82) is 0 Å². The number of carbonyl (C=O) groups is 2. The first-order chi connectivity index (χ1) is 15.0. The van der Waals surface area contributed by atoms with E-state index in [-0.39, 0.29) is 17.9 Å². The van der Waals surface area contributed by atoms with Crippen molar-refractivity contribution in [3.63, 3.8) is 0 Å². The normalized spacial score (nSPS) is 14.9. The lowest BCUT2D eigenvalue weighted by Gasteiger charge is -2.29. The van der Waals surface area contributed by atoms with Crippen LogP contribution in [-0.2, 0) is 21.8 Å². The Morgan fingerprint density at radius 3 is 2.45 bits per heavy atom. The minimum absolute atomic E-state index is 0.0304. The zero-order valence-electron chi connectivity index (χ0n) is 18.7. The lowest BCUT2D eigenvalue weighted by Crippen LogP contribution is -2.51. The summed E-state index contributed by atoms with van der Waals surface area (Å²) in [4.78, 5) is 27.8. The van der Waals surface area contributed by atoms with Crippen LogP contribution in [0.4, 0.5) is 0 Å². The maximum atomic E-state index is 13.1. The second kappa shape index (κ2) is 11.9. The average Bonchev–Trinajstić information content (AvgIpc) is 3.29. The highest BCUT2D eigenvalue weighted by Gasteiger charge is 2.28. The zero-order chi connectivity index (χ0) is 22.1. The number of hydrogen-bond donors (Lipinski definition) is 1. The second-order valence-corrected chi connectivity index (χ2v) is 9.39. The number of benzene rings is 2. The summed E-state index contributed by atoms with van der Waals surface area (Å²) in [5.41, 5.74) is 3.67. The van der Waals surface area contributed by atoms with Gasteiger partial charge in [-0.2, -0.15) is 0 Å². The predicted molar refractivity (Wildman–Crippen MR) is 129 cm³/mol. The Bertz CT molecular complexity index is 849. The third-order valence-corrected chi connectivity index (χ3v) is 7.06. The van der Waals surface area contributed by atoms with Gasteiger partial charge in [-0.25, -0.2) is 0 Å². The maximum absolute atomic E-state index is 13.1. The average molecular weight is 439 g/mol. The summed E-state index contributed by atoms with van der Waals surface area (Å²) in [5.74, 6) is 1.18. The van der Waals surface area contributed by atoms with Gasteiger partial charge in [0.2, 0.25) is 11.8 Å². The van der Waals surface area contributed by atoms with Gasteiger partial charge in [0.05, 0.1) is 5.75 Å². The van der Waals surface area contributed by atoms with Crippen molar-refractivity contribution in [3.8, 4) is 0 Å². The molecule has 0 heterocycles. The molecule has 2 aromatic rings. The number of thioether (sulfide) groups is 1. The molecular formula is C26H34N2O2S. The summed E-state index contributed by atoms with van der Waals surface area (Å²) in [6.07, 6.45) is 5.18. The lowest BCUT2D eigenvalue weighted by molar-refractivity contribution is -0.138. The quantitative estimate of drug-likeness (QED) is 0.583. The van der Waals surface area contributed by atoms with Crippen LogP contribution in [-0.4, -0.2) is 41.1 Å². The molecule has 0 saturated heterocycles. The van der Waals surface area contributed by atoms with Crippen molar-refractivity contribution in [3.05, 3.63) is 71.3 Å². The highest BCUT2D eigenvalue weighted by molar-refractivity contribution is 7.99. The highest BCUT2D eigenvalue weighted by Crippen LogP contribution is 2.19. The van der Waals surface area contributed by atoms with Crippen molar-refractivity contribution in [2.24, 2.45) is 0 Å². The van der Waals surface area contributed by atoms with Crippen LogP contribution in [0.25, 0.3) is 0 Å². The van der Waals surface area contributed by atoms with Crippen LogP contribution >= 0.6 is 11.8 Å². The van der Waals surface area contributed by atoms with Crippen molar-refractivity contribution >= 4 is 23.6 Å². The van der Waals surface area contributed by atoms with Gasteiger partial charge in [0, 0.05) is 18.3 Å². The summed E-state index contributed by atoms with van der Waals surface area (Å²) in [6.45, 7) is 4.51. The minimum Gasteiger partial charge on any atom is -0.352 e. The highest BCUT2D eigenvalue weighted by atomic mass is 32.2. The van der Waals surface area contributed by atoms with E-state index in [2.05, 4.69) is 36.5 Å². The zero-order valence-corrected chi connectivity index (χ0v) is 19.5. The lowest BCUT2D eigenvalue weighted by atomic mass is 10.1. The Labute approximate surface area is 190 Å². The van der Waals surface area contributed by atoms with Gasteiger partial charge in [-0.3, -0.25) is 9.59 Å². The molecule has 5 heteroatoms. The standard InChI is InChI=1S/C26H34N2O2S/c1-20-10-6-7-13-23(20)18-31-19-25(29)28(17-16-22-11-4-3-5-12-22)21(2)26(30)27-24-14-8-9-15-24/h3-7,10-13,21,24H,8-9,14-19H2,1-2H3,(H,27,30)/t21-/m1/s1. The second-order valence-electron chi connectivity index (χ2n) is 8.41. The first-order valence-electron chi connectivity index (χ1n) is 11.3. The molecule has 1 fully saturated rings. The Balaban J connectivity index is 1.60. The van der Waals surface area contributed by atoms with Gasteiger partial charge in [0.15, 0.2) is 0 Å². The number of aryl methyl sites for hydroxylation is 1. The van der Waals surface area contributed by atoms with E-state index < -0.39 is 6.04 Å². The van der Waals surface area contributed by atoms with E-state index in [1.807, 2.05) is 37.3 Å². The Morgan fingerprint density at radius 2 is 1.74 bits per heavy atom. The Kier molecular flexibility index (Phi) is 9.01. The van der Waals surface area contributed by atoms with E-state index in [4.69, 9.17) is 0 Å².